The molecule has 0 heterocycles. The van der Waals surface area contributed by atoms with Gasteiger partial charge < -0.3 is 4.52 Å². The van der Waals surface area contributed by atoms with E-state index in [1.54, 1.807) is 0 Å². The third-order valence-corrected chi connectivity index (χ3v) is 5.50. The van der Waals surface area contributed by atoms with E-state index in [-0.39, 0.29) is 0 Å². The van der Waals surface area contributed by atoms with Gasteiger partial charge in [-0.1, -0.05) is 67.6 Å². The molecule has 0 fully saturated rings. The third-order valence-electron chi connectivity index (χ3n) is 3.18. The van der Waals surface area contributed by atoms with E-state index in [4.69, 9.17) is 4.52 Å². The maximum absolute atomic E-state index is 13.2. The molecule has 0 radical (unpaired) electrons. The first kappa shape index (κ1) is 15.8. The second kappa shape index (κ2) is 7.97. The lowest BCUT2D eigenvalue weighted by atomic mass is 10.2. The summed E-state index contributed by atoms with van der Waals surface area (Å²) in [4.78, 5) is 0. The highest BCUT2D eigenvalue weighted by Gasteiger charge is 2.24. The number of benzene rings is 2. The van der Waals surface area contributed by atoms with Gasteiger partial charge in [-0.3, -0.25) is 4.57 Å². The molecule has 3 heteroatoms. The molecule has 0 N–H and O–H groups in total. The minimum atomic E-state index is -2.85. The van der Waals surface area contributed by atoms with E-state index in [9.17, 15) is 4.57 Å². The fraction of sp³-hybridized carbons (Fsp3) is 0.222. The molecular weight excluding hydrogens is 279 g/mol. The molecular formula is C18H21O2P. The zero-order valence-corrected chi connectivity index (χ0v) is 13.2. The number of allylic oxidation sites excluding steroid dienone is 2. The van der Waals surface area contributed by atoms with Crippen molar-refractivity contribution in [1.29, 1.82) is 0 Å². The summed E-state index contributed by atoms with van der Waals surface area (Å²) in [6.07, 6.45) is 5.37. The van der Waals surface area contributed by atoms with Crippen LogP contribution in [-0.4, -0.2) is 6.16 Å². The zero-order valence-electron chi connectivity index (χ0n) is 12.3. The fourth-order valence-corrected chi connectivity index (χ4v) is 3.90. The quantitative estimate of drug-likeness (QED) is 0.543. The molecule has 1 atom stereocenters. The number of hydrogen-bond acceptors (Lipinski definition) is 2. The van der Waals surface area contributed by atoms with E-state index in [0.717, 1.165) is 17.3 Å². The summed E-state index contributed by atoms with van der Waals surface area (Å²) in [7, 11) is -2.85. The van der Waals surface area contributed by atoms with E-state index in [0.29, 0.717) is 12.8 Å². The summed E-state index contributed by atoms with van der Waals surface area (Å²) in [5.74, 6) is 0. The van der Waals surface area contributed by atoms with Crippen molar-refractivity contribution in [1.82, 2.24) is 0 Å². The second-order valence-corrected chi connectivity index (χ2v) is 7.32. The molecule has 2 rings (SSSR count). The van der Waals surface area contributed by atoms with Crippen LogP contribution in [-0.2, 0) is 15.7 Å². The molecule has 0 saturated carbocycles. The molecule has 0 aliphatic carbocycles. The van der Waals surface area contributed by atoms with E-state index in [1.807, 2.05) is 72.8 Å². The molecule has 110 valence electrons. The van der Waals surface area contributed by atoms with Gasteiger partial charge in [0.2, 0.25) is 7.37 Å². The van der Waals surface area contributed by atoms with E-state index >= 15 is 0 Å². The summed E-state index contributed by atoms with van der Waals surface area (Å²) in [5, 5.41) is 0.779. The van der Waals surface area contributed by atoms with Crippen molar-refractivity contribution in [3.05, 3.63) is 78.4 Å². The molecule has 2 aromatic carbocycles. The SMILES string of the molecule is CC/C=C/CP(=O)(OCc1ccccc1)c1ccccc1. The Hall–Kier alpha value is -1.63. The van der Waals surface area contributed by atoms with Crippen LogP contribution in [0, 0.1) is 0 Å². The van der Waals surface area contributed by atoms with Crippen molar-refractivity contribution < 1.29 is 9.09 Å². The molecule has 0 saturated heterocycles. The minimum absolute atomic E-state index is 0.368. The summed E-state index contributed by atoms with van der Waals surface area (Å²) in [5.41, 5.74) is 1.04. The maximum atomic E-state index is 13.2. The summed E-state index contributed by atoms with van der Waals surface area (Å²) < 4.78 is 19.0. The second-order valence-electron chi connectivity index (χ2n) is 4.83. The molecule has 0 aromatic heterocycles. The molecule has 21 heavy (non-hydrogen) atoms. The predicted octanol–water partition coefficient (Wildman–Crippen LogP) is 4.77. The summed E-state index contributed by atoms with van der Waals surface area (Å²) in [6, 6.07) is 19.3. The van der Waals surface area contributed by atoms with Crippen molar-refractivity contribution in [2.75, 3.05) is 6.16 Å². The van der Waals surface area contributed by atoms with E-state index in [2.05, 4.69) is 6.92 Å². The Morgan fingerprint density at radius 1 is 0.952 bits per heavy atom. The van der Waals surface area contributed by atoms with Crippen molar-refractivity contribution >= 4 is 12.7 Å². The summed E-state index contributed by atoms with van der Waals surface area (Å²) >= 11 is 0. The van der Waals surface area contributed by atoms with Crippen LogP contribution in [0.1, 0.15) is 18.9 Å². The lowest BCUT2D eigenvalue weighted by Gasteiger charge is -2.17. The Bertz CT molecular complexity index is 606. The molecule has 2 nitrogen and oxygen atoms in total. The van der Waals surface area contributed by atoms with Gasteiger partial charge in [0.1, 0.15) is 0 Å². The normalized spacial score (nSPS) is 14.1. The van der Waals surface area contributed by atoms with Gasteiger partial charge in [-0.2, -0.15) is 0 Å². The lowest BCUT2D eigenvalue weighted by molar-refractivity contribution is 0.311. The van der Waals surface area contributed by atoms with Crippen LogP contribution >= 0.6 is 7.37 Å². The molecule has 2 aromatic rings. The topological polar surface area (TPSA) is 26.3 Å². The molecule has 0 aliphatic rings. The van der Waals surface area contributed by atoms with Crippen molar-refractivity contribution in [2.45, 2.75) is 20.0 Å². The highest BCUT2D eigenvalue weighted by Crippen LogP contribution is 2.46. The van der Waals surface area contributed by atoms with Crippen molar-refractivity contribution in [3.63, 3.8) is 0 Å². The van der Waals surface area contributed by atoms with Crippen LogP contribution in [0.25, 0.3) is 0 Å². The molecule has 0 bridgehead atoms. The highest BCUT2D eigenvalue weighted by molar-refractivity contribution is 7.67. The van der Waals surface area contributed by atoms with Crippen LogP contribution < -0.4 is 5.30 Å². The first-order valence-corrected chi connectivity index (χ1v) is 9.04. The van der Waals surface area contributed by atoms with Crippen molar-refractivity contribution in [3.8, 4) is 0 Å². The Balaban J connectivity index is 2.16. The predicted molar refractivity (Wildman–Crippen MR) is 89.2 cm³/mol. The van der Waals surface area contributed by atoms with Crippen LogP contribution in [0.15, 0.2) is 72.8 Å². The first-order chi connectivity index (χ1) is 10.2. The van der Waals surface area contributed by atoms with E-state index in [1.165, 1.54) is 0 Å². The molecule has 0 spiro atoms. The van der Waals surface area contributed by atoms with Crippen molar-refractivity contribution in [2.24, 2.45) is 0 Å². The lowest BCUT2D eigenvalue weighted by Crippen LogP contribution is -2.09. The number of hydrogen-bond donors (Lipinski definition) is 0. The standard InChI is InChI=1S/C18H21O2P/c1-2-3-10-15-21(19,18-13-8-5-9-14-18)20-16-17-11-6-4-7-12-17/h3-14H,2,15-16H2,1H3/b10-3+. The fourth-order valence-electron chi connectivity index (χ4n) is 2.02. The molecule has 1 unspecified atom stereocenters. The zero-order chi connectivity index (χ0) is 15.0. The minimum Gasteiger partial charge on any atom is -0.320 e. The van der Waals surface area contributed by atoms with Crippen LogP contribution in [0.5, 0.6) is 0 Å². The highest BCUT2D eigenvalue weighted by atomic mass is 31.2. The van der Waals surface area contributed by atoms with Gasteiger partial charge in [0.15, 0.2) is 0 Å². The Morgan fingerprint density at radius 2 is 1.57 bits per heavy atom. The monoisotopic (exact) mass is 300 g/mol. The van der Waals surface area contributed by atoms with Gasteiger partial charge in [0.05, 0.1) is 6.61 Å². The van der Waals surface area contributed by atoms with Gasteiger partial charge in [-0.05, 0) is 24.1 Å². The first-order valence-electron chi connectivity index (χ1n) is 7.23. The molecule has 0 aliphatic heterocycles. The maximum Gasteiger partial charge on any atom is 0.236 e. The largest absolute Gasteiger partial charge is 0.320 e. The Labute approximate surface area is 126 Å². The van der Waals surface area contributed by atoms with Crippen LogP contribution in [0.4, 0.5) is 0 Å². The van der Waals surface area contributed by atoms with Gasteiger partial charge >= 0.3 is 0 Å². The third kappa shape index (κ3) is 4.70. The average Bonchev–Trinajstić information content (AvgIpc) is 2.55. The van der Waals surface area contributed by atoms with Gasteiger partial charge in [-0.15, -0.1) is 0 Å². The van der Waals surface area contributed by atoms with E-state index < -0.39 is 7.37 Å². The summed E-state index contributed by atoms with van der Waals surface area (Å²) in [6.45, 7) is 2.43. The van der Waals surface area contributed by atoms with Gasteiger partial charge in [0, 0.05) is 11.5 Å². The molecule has 0 amide bonds. The Morgan fingerprint density at radius 3 is 2.19 bits per heavy atom. The Kier molecular flexibility index (Phi) is 5.98. The smallest absolute Gasteiger partial charge is 0.236 e. The number of rotatable bonds is 7. The average molecular weight is 300 g/mol. The van der Waals surface area contributed by atoms with Crippen LogP contribution in [0.3, 0.4) is 0 Å². The van der Waals surface area contributed by atoms with Gasteiger partial charge in [0.25, 0.3) is 0 Å². The van der Waals surface area contributed by atoms with Gasteiger partial charge in [-0.25, -0.2) is 0 Å². The van der Waals surface area contributed by atoms with Crippen LogP contribution in [0.2, 0.25) is 0 Å².